The highest BCUT2D eigenvalue weighted by atomic mass is 32.3. The highest BCUT2D eigenvalue weighted by Crippen LogP contribution is 2.45. The van der Waals surface area contributed by atoms with Gasteiger partial charge in [-0.25, -0.2) is 8.42 Å². The molecule has 12 heteroatoms. The minimum atomic E-state index is -3.99. The van der Waals surface area contributed by atoms with Crippen LogP contribution in [-0.2, 0) is 30.4 Å². The van der Waals surface area contributed by atoms with Gasteiger partial charge in [-0.3, -0.25) is 18.5 Å². The quantitative estimate of drug-likeness (QED) is 0.390. The Morgan fingerprint density at radius 2 is 2.08 bits per heavy atom. The van der Waals surface area contributed by atoms with Gasteiger partial charge in [0, 0.05) is 18.2 Å². The van der Waals surface area contributed by atoms with E-state index in [2.05, 4.69) is 10.6 Å². The van der Waals surface area contributed by atoms with Crippen molar-refractivity contribution in [2.45, 2.75) is 30.4 Å². The van der Waals surface area contributed by atoms with Gasteiger partial charge in [0.2, 0.25) is 15.9 Å². The predicted molar refractivity (Wildman–Crippen MR) is 95.3 cm³/mol. The Labute approximate surface area is 152 Å². The van der Waals surface area contributed by atoms with E-state index in [0.29, 0.717) is 16.4 Å². The number of aliphatic hydroxyl groups excluding tert-OH is 1. The van der Waals surface area contributed by atoms with E-state index in [9.17, 15) is 22.2 Å². The average molecular weight is 412 g/mol. The standard InChI is InChI=1S/C13H21N3O6S3/c1-2-14-9-3-4-24(20)13-8(9)5-12(23-13)25(21,22)16-10(18)6-15-11(19)7-17/h9,12,14,17H,2-7H2,1H3,(H,15,19)(H,16,18)/t9-,12?,24?/m0/s1. The van der Waals surface area contributed by atoms with E-state index in [1.54, 1.807) is 0 Å². The molecule has 2 amide bonds. The summed E-state index contributed by atoms with van der Waals surface area (Å²) in [5, 5.41) is 13.9. The molecule has 0 aromatic rings. The third kappa shape index (κ3) is 5.03. The van der Waals surface area contributed by atoms with E-state index in [1.807, 2.05) is 11.6 Å². The van der Waals surface area contributed by atoms with Gasteiger partial charge in [-0.1, -0.05) is 18.7 Å². The van der Waals surface area contributed by atoms with Gasteiger partial charge in [0.1, 0.15) is 11.2 Å². The molecule has 25 heavy (non-hydrogen) atoms. The van der Waals surface area contributed by atoms with E-state index < -0.39 is 50.4 Å². The van der Waals surface area contributed by atoms with Crippen molar-refractivity contribution in [3.8, 4) is 0 Å². The second-order valence-corrected chi connectivity index (χ2v) is 10.7. The zero-order valence-electron chi connectivity index (χ0n) is 13.6. The number of nitrogens with one attached hydrogen (secondary N) is 3. The zero-order chi connectivity index (χ0) is 18.6. The van der Waals surface area contributed by atoms with Crippen LogP contribution in [0.5, 0.6) is 0 Å². The Hall–Kier alpha value is -0.950. The van der Waals surface area contributed by atoms with Crippen LogP contribution in [0.4, 0.5) is 0 Å². The first-order valence-electron chi connectivity index (χ1n) is 7.72. The molecule has 142 valence electrons. The van der Waals surface area contributed by atoms with Crippen molar-refractivity contribution in [3.63, 3.8) is 0 Å². The maximum absolute atomic E-state index is 12.4. The Morgan fingerprint density at radius 3 is 2.72 bits per heavy atom. The molecule has 2 unspecified atom stereocenters. The Morgan fingerprint density at radius 1 is 1.36 bits per heavy atom. The normalized spacial score (nSPS) is 26.2. The lowest BCUT2D eigenvalue weighted by Gasteiger charge is -2.24. The molecule has 0 saturated carbocycles. The van der Waals surface area contributed by atoms with Crippen LogP contribution in [0.15, 0.2) is 9.81 Å². The molecule has 2 aliphatic heterocycles. The van der Waals surface area contributed by atoms with Crippen LogP contribution in [0, 0.1) is 0 Å². The number of carbonyl (C=O) groups is 2. The van der Waals surface area contributed by atoms with Crippen LogP contribution in [0.3, 0.4) is 0 Å². The van der Waals surface area contributed by atoms with Crippen molar-refractivity contribution >= 4 is 44.4 Å². The molecule has 0 aromatic heterocycles. The third-order valence-electron chi connectivity index (χ3n) is 3.75. The van der Waals surface area contributed by atoms with Crippen molar-refractivity contribution in [2.24, 2.45) is 0 Å². The largest absolute Gasteiger partial charge is 0.387 e. The van der Waals surface area contributed by atoms with Crippen molar-refractivity contribution in [1.29, 1.82) is 0 Å². The summed E-state index contributed by atoms with van der Waals surface area (Å²) in [7, 11) is -5.20. The van der Waals surface area contributed by atoms with Crippen LogP contribution < -0.4 is 15.4 Å². The molecule has 2 rings (SSSR count). The van der Waals surface area contributed by atoms with E-state index in [-0.39, 0.29) is 12.5 Å². The first-order valence-corrected chi connectivity index (χ1v) is 11.5. The number of thioether (sulfide) groups is 1. The molecule has 4 N–H and O–H groups in total. The highest BCUT2D eigenvalue weighted by molar-refractivity contribution is 8.23. The second-order valence-electron chi connectivity index (χ2n) is 5.52. The van der Waals surface area contributed by atoms with E-state index >= 15 is 0 Å². The molecule has 0 aliphatic carbocycles. The molecular formula is C13H21N3O6S3. The van der Waals surface area contributed by atoms with Crippen molar-refractivity contribution < 1.29 is 27.3 Å². The van der Waals surface area contributed by atoms with Gasteiger partial charge in [0.15, 0.2) is 0 Å². The average Bonchev–Trinajstić information content (AvgIpc) is 3.02. The summed E-state index contributed by atoms with van der Waals surface area (Å²) in [4.78, 5) is 22.6. The summed E-state index contributed by atoms with van der Waals surface area (Å²) < 4.78 is 38.6. The molecule has 3 atom stereocenters. The highest BCUT2D eigenvalue weighted by Gasteiger charge is 2.42. The Balaban J connectivity index is 2.01. The van der Waals surface area contributed by atoms with Gasteiger partial charge < -0.3 is 15.7 Å². The van der Waals surface area contributed by atoms with E-state index in [1.165, 1.54) is 0 Å². The predicted octanol–water partition coefficient (Wildman–Crippen LogP) is -1.65. The second kappa shape index (κ2) is 8.62. The van der Waals surface area contributed by atoms with Crippen LogP contribution >= 0.6 is 11.8 Å². The number of likely N-dealkylation sites (N-methyl/N-ethyl adjacent to an activating group) is 1. The van der Waals surface area contributed by atoms with Gasteiger partial charge >= 0.3 is 0 Å². The van der Waals surface area contributed by atoms with Crippen LogP contribution in [-0.4, -0.2) is 65.6 Å². The fourth-order valence-electron chi connectivity index (χ4n) is 2.62. The maximum atomic E-state index is 12.4. The molecule has 2 heterocycles. The summed E-state index contributed by atoms with van der Waals surface area (Å²) in [6, 6.07) is 0.00458. The molecule has 2 aliphatic rings. The molecular weight excluding hydrogens is 390 g/mol. The fraction of sp³-hybridized carbons (Fsp3) is 0.692. The zero-order valence-corrected chi connectivity index (χ0v) is 16.1. The number of aliphatic hydroxyl groups is 1. The van der Waals surface area contributed by atoms with Gasteiger partial charge in [-0.05, 0) is 18.5 Å². The number of carbonyl (C=O) groups excluding carboxylic acids is 2. The third-order valence-corrected chi connectivity index (χ3v) is 9.20. The first-order chi connectivity index (χ1) is 11.8. The molecule has 0 bridgehead atoms. The van der Waals surface area contributed by atoms with Crippen LogP contribution in [0.1, 0.15) is 19.8 Å². The Bertz CT molecular complexity index is 706. The lowest BCUT2D eigenvalue weighted by Crippen LogP contribution is -2.43. The fourth-order valence-corrected chi connectivity index (χ4v) is 7.72. The molecule has 0 spiro atoms. The smallest absolute Gasteiger partial charge is 0.252 e. The maximum Gasteiger partial charge on any atom is 0.252 e. The monoisotopic (exact) mass is 411 g/mol. The van der Waals surface area contributed by atoms with Crippen molar-refractivity contribution in [1.82, 2.24) is 15.4 Å². The summed E-state index contributed by atoms with van der Waals surface area (Å²) in [6.07, 6.45) is 0.890. The Kier molecular flexibility index (Phi) is 7.02. The number of rotatable bonds is 7. The first kappa shape index (κ1) is 20.4. The minimum absolute atomic E-state index is 0.00458. The van der Waals surface area contributed by atoms with Gasteiger partial charge in [-0.15, -0.1) is 0 Å². The van der Waals surface area contributed by atoms with Crippen molar-refractivity contribution in [2.75, 3.05) is 25.4 Å². The van der Waals surface area contributed by atoms with Crippen LogP contribution in [0.25, 0.3) is 0 Å². The SMILES string of the molecule is CCN[C@H]1CCS(=O)C2=C1CC(S(=O)(=O)NC(=O)CNC(=O)CO)S2. The molecule has 0 aromatic carbocycles. The van der Waals surface area contributed by atoms with Gasteiger partial charge in [-0.2, -0.15) is 0 Å². The number of amides is 2. The molecule has 9 nitrogen and oxygen atoms in total. The van der Waals surface area contributed by atoms with E-state index in [0.717, 1.165) is 23.9 Å². The molecule has 0 saturated heterocycles. The van der Waals surface area contributed by atoms with E-state index in [4.69, 9.17) is 5.11 Å². The molecule has 0 radical (unpaired) electrons. The number of sulfonamides is 1. The minimum Gasteiger partial charge on any atom is -0.387 e. The number of hydrogen-bond donors (Lipinski definition) is 4. The van der Waals surface area contributed by atoms with Gasteiger partial charge in [0.05, 0.1) is 21.6 Å². The van der Waals surface area contributed by atoms with Crippen LogP contribution in [0.2, 0.25) is 0 Å². The summed E-state index contributed by atoms with van der Waals surface area (Å²) >= 11 is 1.02. The van der Waals surface area contributed by atoms with Gasteiger partial charge in [0.25, 0.3) is 5.91 Å². The lowest BCUT2D eigenvalue weighted by atomic mass is 10.0. The topological polar surface area (TPSA) is 142 Å². The lowest BCUT2D eigenvalue weighted by molar-refractivity contribution is -0.127. The summed E-state index contributed by atoms with van der Waals surface area (Å²) in [6.45, 7) is 1.34. The van der Waals surface area contributed by atoms with Crippen molar-refractivity contribution in [3.05, 3.63) is 9.81 Å². The molecule has 0 fully saturated rings. The number of hydrogen-bond acceptors (Lipinski definition) is 8. The summed E-state index contributed by atoms with van der Waals surface area (Å²) in [5.74, 6) is -1.18. The summed E-state index contributed by atoms with van der Waals surface area (Å²) in [5.41, 5.74) is 0.841.